The average molecular weight is 509 g/mol. The highest BCUT2D eigenvalue weighted by Gasteiger charge is 2.34. The molecular weight excluding hydrogens is 484 g/mol. The van der Waals surface area contributed by atoms with Crippen molar-refractivity contribution in [2.75, 3.05) is 37.2 Å². The lowest BCUT2D eigenvalue weighted by Gasteiger charge is -2.22. The van der Waals surface area contributed by atoms with Gasteiger partial charge in [0.2, 0.25) is 12.7 Å². The second-order valence-electron chi connectivity index (χ2n) is 8.10. The van der Waals surface area contributed by atoms with Crippen LogP contribution in [0, 0.1) is 0 Å². The first-order valence-corrected chi connectivity index (χ1v) is 12.6. The highest BCUT2D eigenvalue weighted by atomic mass is 32.2. The number of ether oxygens (including phenoxy) is 4. The quantitative estimate of drug-likeness (QED) is 0.484. The first kappa shape index (κ1) is 23.6. The maximum absolute atomic E-state index is 13.7. The summed E-state index contributed by atoms with van der Waals surface area (Å²) in [5, 5.41) is 2.75. The van der Waals surface area contributed by atoms with Gasteiger partial charge in [0.05, 0.1) is 19.9 Å². The largest absolute Gasteiger partial charge is 0.493 e. The molecule has 186 valence electrons. The van der Waals surface area contributed by atoms with Gasteiger partial charge in [0.25, 0.3) is 10.0 Å². The van der Waals surface area contributed by atoms with Crippen molar-refractivity contribution in [2.24, 2.45) is 0 Å². The minimum absolute atomic E-state index is 0.0446. The Hall–Kier alpha value is -4.18. The molecule has 0 bridgehead atoms. The summed E-state index contributed by atoms with van der Waals surface area (Å²) in [5.41, 5.74) is 2.60. The van der Waals surface area contributed by atoms with E-state index in [1.807, 2.05) is 18.2 Å². The molecule has 0 spiro atoms. The van der Waals surface area contributed by atoms with Crippen molar-refractivity contribution < 1.29 is 32.2 Å². The molecule has 2 aliphatic heterocycles. The van der Waals surface area contributed by atoms with Crippen molar-refractivity contribution >= 4 is 33.4 Å². The molecule has 1 amide bonds. The summed E-state index contributed by atoms with van der Waals surface area (Å²) in [5.74, 6) is 1.10. The molecule has 0 saturated carbocycles. The smallest absolute Gasteiger partial charge is 0.268 e. The molecule has 0 saturated heterocycles. The van der Waals surface area contributed by atoms with Gasteiger partial charge in [-0.2, -0.15) is 0 Å². The predicted octanol–water partition coefficient (Wildman–Crippen LogP) is 3.84. The maximum Gasteiger partial charge on any atom is 0.268 e. The molecule has 3 aromatic rings. The Morgan fingerprint density at radius 2 is 1.83 bits per heavy atom. The molecule has 0 radical (unpaired) electrons. The number of anilines is 2. The van der Waals surface area contributed by atoms with Crippen molar-refractivity contribution in [1.82, 2.24) is 0 Å². The van der Waals surface area contributed by atoms with Crippen LogP contribution in [0.1, 0.15) is 11.1 Å². The van der Waals surface area contributed by atoms with Gasteiger partial charge >= 0.3 is 0 Å². The van der Waals surface area contributed by atoms with Crippen molar-refractivity contribution in [1.29, 1.82) is 0 Å². The van der Waals surface area contributed by atoms with Crippen LogP contribution >= 0.6 is 0 Å². The summed E-state index contributed by atoms with van der Waals surface area (Å²) in [6.45, 7) is 0.464. The van der Waals surface area contributed by atoms with Gasteiger partial charge in [0, 0.05) is 24.4 Å². The van der Waals surface area contributed by atoms with Crippen LogP contribution in [-0.4, -0.2) is 41.9 Å². The Morgan fingerprint density at radius 1 is 1.03 bits per heavy atom. The van der Waals surface area contributed by atoms with E-state index in [-0.39, 0.29) is 23.2 Å². The number of para-hydroxylation sites is 1. The third kappa shape index (κ3) is 4.31. The predicted molar refractivity (Wildman–Crippen MR) is 134 cm³/mol. The normalized spacial score (nSPS) is 14.1. The number of hydrogen-bond donors (Lipinski definition) is 1. The first-order valence-electron chi connectivity index (χ1n) is 11.2. The molecule has 5 rings (SSSR count). The summed E-state index contributed by atoms with van der Waals surface area (Å²) in [4.78, 5) is 12.5. The number of sulfonamides is 1. The van der Waals surface area contributed by atoms with Crippen LogP contribution in [-0.2, 0) is 21.2 Å². The van der Waals surface area contributed by atoms with Gasteiger partial charge in [-0.05, 0) is 54.0 Å². The van der Waals surface area contributed by atoms with Crippen LogP contribution in [0.5, 0.6) is 23.0 Å². The highest BCUT2D eigenvalue weighted by molar-refractivity contribution is 7.93. The Bertz CT molecular complexity index is 1470. The third-order valence-corrected chi connectivity index (χ3v) is 7.77. The number of nitrogens with one attached hydrogen (secondary N) is 1. The Kier molecular flexibility index (Phi) is 6.19. The van der Waals surface area contributed by atoms with E-state index in [2.05, 4.69) is 5.32 Å². The van der Waals surface area contributed by atoms with Gasteiger partial charge in [0.1, 0.15) is 4.90 Å². The monoisotopic (exact) mass is 508 g/mol. The zero-order chi connectivity index (χ0) is 25.3. The number of benzene rings is 3. The van der Waals surface area contributed by atoms with Crippen molar-refractivity contribution in [3.05, 3.63) is 71.8 Å². The Labute approximate surface area is 208 Å². The summed E-state index contributed by atoms with van der Waals surface area (Å²) in [7, 11) is -1.15. The van der Waals surface area contributed by atoms with Crippen LogP contribution in [0.25, 0.3) is 6.08 Å². The lowest BCUT2D eigenvalue weighted by molar-refractivity contribution is -0.111. The summed E-state index contributed by atoms with van der Waals surface area (Å²) >= 11 is 0. The molecule has 3 aromatic carbocycles. The Balaban J connectivity index is 1.44. The fourth-order valence-electron chi connectivity index (χ4n) is 4.24. The standard InChI is InChI=1S/C26H24N2O7S/c1-32-23-13-17(7-10-25(29)27-19-8-9-21-22(15-19)35-16-34-21)14-24(26(23)33-2)36(30,31)28-12-11-18-5-3-4-6-20(18)28/h3-10,13-15H,11-12,16H2,1-2H3,(H,27,29). The number of carbonyl (C=O) groups excluding carboxylic acids is 1. The SMILES string of the molecule is COc1cc(C=CC(=O)Nc2ccc3c(c2)OCO3)cc(S(=O)(=O)N2CCc3ccccc32)c1OC. The molecule has 0 aromatic heterocycles. The van der Waals surface area contributed by atoms with Gasteiger partial charge in [-0.3, -0.25) is 9.10 Å². The van der Waals surface area contributed by atoms with Crippen LogP contribution in [0.3, 0.4) is 0 Å². The number of fused-ring (bicyclic) bond motifs is 2. The summed E-state index contributed by atoms with van der Waals surface area (Å²) < 4.78 is 50.3. The topological polar surface area (TPSA) is 103 Å². The van der Waals surface area contributed by atoms with Gasteiger partial charge in [-0.15, -0.1) is 0 Å². The van der Waals surface area contributed by atoms with E-state index < -0.39 is 15.9 Å². The van der Waals surface area contributed by atoms with Crippen LogP contribution in [0.2, 0.25) is 0 Å². The third-order valence-electron chi connectivity index (χ3n) is 5.95. The fourth-order valence-corrected chi connectivity index (χ4v) is 5.95. The number of nitrogens with zero attached hydrogens (tertiary/aromatic N) is 1. The van der Waals surface area contributed by atoms with E-state index in [0.29, 0.717) is 41.4 Å². The van der Waals surface area contributed by atoms with Gasteiger partial charge in [0.15, 0.2) is 23.0 Å². The zero-order valence-corrected chi connectivity index (χ0v) is 20.5. The minimum Gasteiger partial charge on any atom is -0.493 e. The lowest BCUT2D eigenvalue weighted by atomic mass is 10.2. The van der Waals surface area contributed by atoms with Crippen molar-refractivity contribution in [2.45, 2.75) is 11.3 Å². The van der Waals surface area contributed by atoms with Gasteiger partial charge in [-0.1, -0.05) is 18.2 Å². The number of rotatable bonds is 7. The van der Waals surface area contributed by atoms with E-state index in [0.717, 1.165) is 5.56 Å². The molecule has 0 aliphatic carbocycles. The number of hydrogen-bond acceptors (Lipinski definition) is 7. The lowest BCUT2D eigenvalue weighted by Crippen LogP contribution is -2.29. The molecule has 10 heteroatoms. The van der Waals surface area contributed by atoms with E-state index in [9.17, 15) is 13.2 Å². The van der Waals surface area contributed by atoms with Crippen molar-refractivity contribution in [3.8, 4) is 23.0 Å². The molecule has 2 aliphatic rings. The molecule has 0 atom stereocenters. The minimum atomic E-state index is -3.97. The Morgan fingerprint density at radius 3 is 2.64 bits per heavy atom. The van der Waals surface area contributed by atoms with E-state index in [1.54, 1.807) is 30.3 Å². The molecule has 9 nitrogen and oxygen atoms in total. The van der Waals surface area contributed by atoms with Crippen LogP contribution < -0.4 is 28.6 Å². The number of amides is 1. The number of methoxy groups -OCH3 is 2. The van der Waals surface area contributed by atoms with Crippen molar-refractivity contribution in [3.63, 3.8) is 0 Å². The van der Waals surface area contributed by atoms with Crippen LogP contribution in [0.4, 0.5) is 11.4 Å². The summed E-state index contributed by atoms with van der Waals surface area (Å²) in [6.07, 6.45) is 3.45. The van der Waals surface area contributed by atoms with Crippen LogP contribution in [0.15, 0.2) is 65.6 Å². The molecular formula is C26H24N2O7S. The second kappa shape index (κ2) is 9.46. The zero-order valence-electron chi connectivity index (χ0n) is 19.7. The summed E-state index contributed by atoms with van der Waals surface area (Å²) in [6, 6.07) is 15.6. The maximum atomic E-state index is 13.7. The second-order valence-corrected chi connectivity index (χ2v) is 9.93. The van der Waals surface area contributed by atoms with Gasteiger partial charge < -0.3 is 24.3 Å². The molecule has 36 heavy (non-hydrogen) atoms. The van der Waals surface area contributed by atoms with E-state index >= 15 is 0 Å². The van der Waals surface area contributed by atoms with E-state index in [1.165, 1.54) is 36.7 Å². The molecule has 2 heterocycles. The number of carbonyl (C=O) groups is 1. The average Bonchev–Trinajstić information content (AvgIpc) is 3.54. The highest BCUT2D eigenvalue weighted by Crippen LogP contribution is 2.41. The molecule has 0 fully saturated rings. The van der Waals surface area contributed by atoms with Gasteiger partial charge in [-0.25, -0.2) is 8.42 Å². The fraction of sp³-hybridized carbons (Fsp3) is 0.192. The molecule has 0 unspecified atom stereocenters. The van der Waals surface area contributed by atoms with E-state index in [4.69, 9.17) is 18.9 Å². The first-order chi connectivity index (χ1) is 17.4. The molecule has 1 N–H and O–H groups in total.